The van der Waals surface area contributed by atoms with Crippen LogP contribution in [0.15, 0.2) is 59.0 Å². The molecule has 0 spiro atoms. The Morgan fingerprint density at radius 2 is 1.77 bits per heavy atom. The van der Waals surface area contributed by atoms with Crippen LogP contribution >= 0.6 is 0 Å². The maximum absolute atomic E-state index is 14.7. The van der Waals surface area contributed by atoms with Gasteiger partial charge in [0.05, 0.1) is 6.61 Å². The van der Waals surface area contributed by atoms with Gasteiger partial charge in [0.2, 0.25) is 6.04 Å². The number of aryl methyl sites for hydroxylation is 1. The summed E-state index contributed by atoms with van der Waals surface area (Å²) < 4.78 is 39.4. The minimum Gasteiger partial charge on any atom is -0.464 e. The molecule has 30 heavy (non-hydrogen) atoms. The average molecular weight is 415 g/mol. The minimum absolute atomic E-state index is 0.0108. The quantitative estimate of drug-likeness (QED) is 0.593. The van der Waals surface area contributed by atoms with Crippen molar-refractivity contribution >= 4 is 11.9 Å². The lowest BCUT2D eigenvalue weighted by Crippen LogP contribution is -2.35. The summed E-state index contributed by atoms with van der Waals surface area (Å²) in [7, 11) is 0. The van der Waals surface area contributed by atoms with Crippen LogP contribution in [0.25, 0.3) is 0 Å². The van der Waals surface area contributed by atoms with Crippen molar-refractivity contribution in [2.24, 2.45) is 0 Å². The average Bonchev–Trinajstić information content (AvgIpc) is 3.24. The van der Waals surface area contributed by atoms with E-state index in [1.54, 1.807) is 37.3 Å². The zero-order chi connectivity index (χ0) is 21.7. The van der Waals surface area contributed by atoms with Crippen molar-refractivity contribution in [2.45, 2.75) is 25.8 Å². The highest BCUT2D eigenvalue weighted by atomic mass is 19.3. The standard InChI is InChI=1S/C21H19F2N3O4/c1-3-29-19(28)16(24-17(27)14-11-9-13(2)10-12-14)18-25-26-20(30-18)21(22,23)15-7-5-4-6-8-15/h4-12,16H,3H2,1-2H3,(H,24,27)/t16-/m1/s1. The van der Waals surface area contributed by atoms with Crippen LogP contribution in [0.4, 0.5) is 8.78 Å². The second-order valence-corrected chi connectivity index (χ2v) is 6.41. The van der Waals surface area contributed by atoms with E-state index in [1.807, 2.05) is 6.92 Å². The monoisotopic (exact) mass is 415 g/mol. The summed E-state index contributed by atoms with van der Waals surface area (Å²) in [5, 5.41) is 9.36. The molecule has 2 aromatic carbocycles. The Balaban J connectivity index is 1.89. The molecule has 0 fully saturated rings. The van der Waals surface area contributed by atoms with E-state index in [1.165, 1.54) is 24.3 Å². The van der Waals surface area contributed by atoms with Gasteiger partial charge in [-0.1, -0.05) is 48.0 Å². The molecule has 3 aromatic rings. The van der Waals surface area contributed by atoms with Crippen molar-refractivity contribution in [3.05, 3.63) is 83.1 Å². The van der Waals surface area contributed by atoms with Crippen LogP contribution in [0.2, 0.25) is 0 Å². The van der Waals surface area contributed by atoms with Crippen LogP contribution in [0.3, 0.4) is 0 Å². The van der Waals surface area contributed by atoms with E-state index >= 15 is 0 Å². The Morgan fingerprint density at radius 3 is 2.40 bits per heavy atom. The first kappa shape index (κ1) is 21.1. The second kappa shape index (κ2) is 8.81. The number of alkyl halides is 2. The highest BCUT2D eigenvalue weighted by molar-refractivity contribution is 5.96. The fourth-order valence-electron chi connectivity index (χ4n) is 2.62. The van der Waals surface area contributed by atoms with Crippen LogP contribution in [0.5, 0.6) is 0 Å². The number of hydrogen-bond donors (Lipinski definition) is 1. The van der Waals surface area contributed by atoms with E-state index in [-0.39, 0.29) is 17.7 Å². The molecule has 0 aliphatic heterocycles. The molecule has 3 rings (SSSR count). The molecule has 1 atom stereocenters. The first-order valence-electron chi connectivity index (χ1n) is 9.14. The first-order valence-corrected chi connectivity index (χ1v) is 9.14. The van der Waals surface area contributed by atoms with E-state index in [2.05, 4.69) is 15.5 Å². The Kier molecular flexibility index (Phi) is 6.20. The van der Waals surface area contributed by atoms with Crippen LogP contribution < -0.4 is 5.32 Å². The number of rotatable bonds is 7. The molecule has 1 heterocycles. The Morgan fingerprint density at radius 1 is 1.10 bits per heavy atom. The van der Waals surface area contributed by atoms with Gasteiger partial charge in [-0.3, -0.25) is 4.79 Å². The fourth-order valence-corrected chi connectivity index (χ4v) is 2.62. The highest BCUT2D eigenvalue weighted by Crippen LogP contribution is 2.35. The lowest BCUT2D eigenvalue weighted by molar-refractivity contribution is -0.146. The fraction of sp³-hybridized carbons (Fsp3) is 0.238. The lowest BCUT2D eigenvalue weighted by Gasteiger charge is -2.15. The Bertz CT molecular complexity index is 1020. The molecule has 0 unspecified atom stereocenters. The molecule has 0 aliphatic carbocycles. The summed E-state index contributed by atoms with van der Waals surface area (Å²) >= 11 is 0. The van der Waals surface area contributed by atoms with Crippen molar-refractivity contribution in [2.75, 3.05) is 6.61 Å². The number of hydrogen-bond acceptors (Lipinski definition) is 6. The van der Waals surface area contributed by atoms with E-state index in [9.17, 15) is 18.4 Å². The second-order valence-electron chi connectivity index (χ2n) is 6.41. The summed E-state index contributed by atoms with van der Waals surface area (Å²) in [6, 6.07) is 12.0. The molecule has 7 nitrogen and oxygen atoms in total. The number of amides is 1. The Hall–Kier alpha value is -3.62. The lowest BCUT2D eigenvalue weighted by atomic mass is 10.1. The molecule has 1 amide bonds. The molecular formula is C21H19F2N3O4. The molecule has 0 radical (unpaired) electrons. The van der Waals surface area contributed by atoms with Crippen molar-refractivity contribution in [3.63, 3.8) is 0 Å². The van der Waals surface area contributed by atoms with Gasteiger partial charge in [0.25, 0.3) is 17.7 Å². The largest absolute Gasteiger partial charge is 0.464 e. The van der Waals surface area contributed by atoms with Crippen molar-refractivity contribution < 1.29 is 27.5 Å². The van der Waals surface area contributed by atoms with Gasteiger partial charge in [-0.25, -0.2) is 4.79 Å². The van der Waals surface area contributed by atoms with E-state index < -0.39 is 35.6 Å². The summed E-state index contributed by atoms with van der Waals surface area (Å²) in [5.74, 6) is -6.60. The number of halogens is 2. The topological polar surface area (TPSA) is 94.3 Å². The van der Waals surface area contributed by atoms with Gasteiger partial charge in [-0.15, -0.1) is 10.2 Å². The number of ether oxygens (including phenoxy) is 1. The van der Waals surface area contributed by atoms with Gasteiger partial charge in [-0.05, 0) is 26.0 Å². The number of aromatic nitrogens is 2. The molecule has 9 heteroatoms. The van der Waals surface area contributed by atoms with Crippen LogP contribution in [0, 0.1) is 6.92 Å². The number of carbonyl (C=O) groups is 2. The summed E-state index contributed by atoms with van der Waals surface area (Å²) in [6.45, 7) is 3.44. The number of nitrogens with zero attached hydrogens (tertiary/aromatic N) is 2. The third kappa shape index (κ3) is 4.51. The predicted octanol–water partition coefficient (Wildman–Crippen LogP) is 3.55. The van der Waals surface area contributed by atoms with Gasteiger partial charge in [0.1, 0.15) is 0 Å². The highest BCUT2D eigenvalue weighted by Gasteiger charge is 2.42. The number of nitrogens with one attached hydrogen (secondary N) is 1. The van der Waals surface area contributed by atoms with E-state index in [4.69, 9.17) is 9.15 Å². The minimum atomic E-state index is -3.58. The van der Waals surface area contributed by atoms with Crippen molar-refractivity contribution in [3.8, 4) is 0 Å². The van der Waals surface area contributed by atoms with E-state index in [0.717, 1.165) is 5.56 Å². The maximum atomic E-state index is 14.7. The molecule has 1 N–H and O–H groups in total. The summed E-state index contributed by atoms with van der Waals surface area (Å²) in [5.41, 5.74) is 0.860. The van der Waals surface area contributed by atoms with Crippen LogP contribution in [-0.2, 0) is 15.5 Å². The third-order valence-corrected chi connectivity index (χ3v) is 4.20. The van der Waals surface area contributed by atoms with Gasteiger partial charge >= 0.3 is 11.9 Å². The predicted molar refractivity (Wildman–Crippen MR) is 102 cm³/mol. The SMILES string of the molecule is CCOC(=O)[C@H](NC(=O)c1ccc(C)cc1)c1nnc(C(F)(F)c2ccccc2)o1. The van der Waals surface area contributed by atoms with Gasteiger partial charge in [-0.2, -0.15) is 8.78 Å². The van der Waals surface area contributed by atoms with Crippen LogP contribution in [0.1, 0.15) is 46.2 Å². The molecule has 0 bridgehead atoms. The van der Waals surface area contributed by atoms with Crippen molar-refractivity contribution in [1.29, 1.82) is 0 Å². The zero-order valence-corrected chi connectivity index (χ0v) is 16.3. The maximum Gasteiger partial charge on any atom is 0.349 e. The molecular weight excluding hydrogens is 396 g/mol. The molecule has 156 valence electrons. The normalized spacial score (nSPS) is 12.3. The molecule has 0 saturated carbocycles. The number of carbonyl (C=O) groups excluding carboxylic acids is 2. The molecule has 0 saturated heterocycles. The van der Waals surface area contributed by atoms with Gasteiger partial charge < -0.3 is 14.5 Å². The summed E-state index contributed by atoms with van der Waals surface area (Å²) in [6.07, 6.45) is 0. The third-order valence-electron chi connectivity index (χ3n) is 4.20. The Labute approximate surface area is 171 Å². The summed E-state index contributed by atoms with van der Waals surface area (Å²) in [4.78, 5) is 24.9. The first-order chi connectivity index (χ1) is 14.3. The number of esters is 1. The van der Waals surface area contributed by atoms with Crippen LogP contribution in [-0.4, -0.2) is 28.7 Å². The van der Waals surface area contributed by atoms with Gasteiger partial charge in [0.15, 0.2) is 0 Å². The van der Waals surface area contributed by atoms with Crippen molar-refractivity contribution in [1.82, 2.24) is 15.5 Å². The zero-order valence-electron chi connectivity index (χ0n) is 16.3. The number of benzene rings is 2. The molecule has 1 aromatic heterocycles. The van der Waals surface area contributed by atoms with Gasteiger partial charge in [0, 0.05) is 11.1 Å². The molecule has 0 aliphatic rings. The van der Waals surface area contributed by atoms with E-state index in [0.29, 0.717) is 0 Å². The smallest absolute Gasteiger partial charge is 0.349 e.